The van der Waals surface area contributed by atoms with Crippen molar-refractivity contribution in [1.29, 1.82) is 0 Å². The van der Waals surface area contributed by atoms with Crippen molar-refractivity contribution in [2.45, 2.75) is 31.3 Å². The number of ether oxygens (including phenoxy) is 2. The second kappa shape index (κ2) is 4.94. The van der Waals surface area contributed by atoms with Gasteiger partial charge in [0, 0.05) is 18.0 Å². The molecule has 1 aromatic heterocycles. The van der Waals surface area contributed by atoms with Crippen LogP contribution in [-0.4, -0.2) is 46.2 Å². The van der Waals surface area contributed by atoms with Crippen LogP contribution in [0.1, 0.15) is 11.6 Å². The third-order valence-electron chi connectivity index (χ3n) is 4.30. The van der Waals surface area contributed by atoms with Crippen molar-refractivity contribution in [3.63, 3.8) is 0 Å². The van der Waals surface area contributed by atoms with E-state index in [0.29, 0.717) is 13.2 Å². The fraction of sp³-hybridized carbons (Fsp3) is 0.438. The van der Waals surface area contributed by atoms with Crippen molar-refractivity contribution in [2.75, 3.05) is 13.2 Å². The van der Waals surface area contributed by atoms with E-state index in [1.165, 1.54) is 5.56 Å². The quantitative estimate of drug-likeness (QED) is 0.910. The summed E-state index contributed by atoms with van der Waals surface area (Å²) in [5.41, 5.74) is 2.29. The van der Waals surface area contributed by atoms with Crippen molar-refractivity contribution >= 4 is 0 Å². The van der Waals surface area contributed by atoms with E-state index in [4.69, 9.17) is 9.47 Å². The molecule has 3 heterocycles. The molecule has 4 atom stereocenters. The summed E-state index contributed by atoms with van der Waals surface area (Å²) in [5, 5.41) is 9.86. The molecule has 1 aromatic carbocycles. The lowest BCUT2D eigenvalue weighted by Gasteiger charge is -2.19. The zero-order chi connectivity index (χ0) is 14.4. The topological polar surface area (TPSA) is 56.5 Å². The van der Waals surface area contributed by atoms with Crippen LogP contribution in [-0.2, 0) is 9.47 Å². The van der Waals surface area contributed by atoms with Crippen LogP contribution in [0.3, 0.4) is 0 Å². The third-order valence-corrected chi connectivity index (χ3v) is 4.30. The zero-order valence-electron chi connectivity index (χ0n) is 11.8. The highest BCUT2D eigenvalue weighted by Gasteiger charge is 2.48. The standard InChI is InChI=1S/C16H18N2O3/c1-10-3-2-4-11(7-10)16-17-5-6-18(16)12-8-20-15-13(19)9-21-14(12)15/h2-7,12-15,19H,8-9H2,1H3/t12-,13+,14+,15+/m0/s1. The van der Waals surface area contributed by atoms with Gasteiger partial charge in [-0.2, -0.15) is 0 Å². The fourth-order valence-corrected chi connectivity index (χ4v) is 3.29. The minimum absolute atomic E-state index is 0.0603. The van der Waals surface area contributed by atoms with E-state index in [9.17, 15) is 5.11 Å². The first-order chi connectivity index (χ1) is 10.2. The van der Waals surface area contributed by atoms with Crippen LogP contribution in [0.2, 0.25) is 0 Å². The van der Waals surface area contributed by atoms with E-state index in [1.54, 1.807) is 6.20 Å². The van der Waals surface area contributed by atoms with Gasteiger partial charge in [0.1, 0.15) is 24.1 Å². The van der Waals surface area contributed by atoms with Gasteiger partial charge in [-0.1, -0.05) is 23.8 Å². The predicted octanol–water partition coefficient (Wildman–Crippen LogP) is 1.56. The summed E-state index contributed by atoms with van der Waals surface area (Å²) in [6.45, 7) is 2.96. The number of benzene rings is 1. The monoisotopic (exact) mass is 286 g/mol. The summed E-state index contributed by atoms with van der Waals surface area (Å²) in [4.78, 5) is 4.49. The maximum Gasteiger partial charge on any atom is 0.140 e. The molecular formula is C16H18N2O3. The number of aliphatic hydroxyl groups excluding tert-OH is 1. The molecule has 110 valence electrons. The maximum absolute atomic E-state index is 9.86. The van der Waals surface area contributed by atoms with E-state index < -0.39 is 6.10 Å². The summed E-state index contributed by atoms with van der Waals surface area (Å²) in [5.74, 6) is 0.915. The molecule has 2 aliphatic heterocycles. The molecule has 2 aromatic rings. The molecule has 0 aliphatic carbocycles. The average Bonchev–Trinajstić information content (AvgIpc) is 3.16. The van der Waals surface area contributed by atoms with Crippen molar-refractivity contribution in [3.05, 3.63) is 42.2 Å². The molecule has 4 rings (SSSR count). The van der Waals surface area contributed by atoms with Crippen molar-refractivity contribution in [1.82, 2.24) is 9.55 Å². The lowest BCUT2D eigenvalue weighted by molar-refractivity contribution is 0.0172. The highest BCUT2D eigenvalue weighted by Crippen LogP contribution is 2.36. The second-order valence-corrected chi connectivity index (χ2v) is 5.76. The molecule has 2 fully saturated rings. The Morgan fingerprint density at radius 2 is 2.10 bits per heavy atom. The molecule has 5 nitrogen and oxygen atoms in total. The Labute approximate surface area is 123 Å². The smallest absolute Gasteiger partial charge is 0.140 e. The summed E-state index contributed by atoms with van der Waals surface area (Å²) in [6.07, 6.45) is 2.92. The second-order valence-electron chi connectivity index (χ2n) is 5.76. The van der Waals surface area contributed by atoms with E-state index in [0.717, 1.165) is 11.4 Å². The van der Waals surface area contributed by atoms with Crippen LogP contribution in [0, 0.1) is 6.92 Å². The number of rotatable bonds is 2. The van der Waals surface area contributed by atoms with Gasteiger partial charge in [0.2, 0.25) is 0 Å². The molecule has 0 bridgehead atoms. The van der Waals surface area contributed by atoms with Gasteiger partial charge in [-0.3, -0.25) is 0 Å². The first-order valence-electron chi connectivity index (χ1n) is 7.25. The number of aryl methyl sites for hydroxylation is 1. The van der Waals surface area contributed by atoms with Gasteiger partial charge < -0.3 is 19.1 Å². The Balaban J connectivity index is 1.70. The highest BCUT2D eigenvalue weighted by molar-refractivity contribution is 5.56. The largest absolute Gasteiger partial charge is 0.388 e. The molecule has 2 saturated heterocycles. The first-order valence-corrected chi connectivity index (χ1v) is 7.25. The Morgan fingerprint density at radius 1 is 1.24 bits per heavy atom. The van der Waals surface area contributed by atoms with Gasteiger partial charge in [0.15, 0.2) is 0 Å². The summed E-state index contributed by atoms with van der Waals surface area (Å²) in [6, 6.07) is 8.35. The molecule has 1 N–H and O–H groups in total. The number of fused-ring (bicyclic) bond motifs is 1. The van der Waals surface area contributed by atoms with Gasteiger partial charge in [0.05, 0.1) is 19.3 Å². The summed E-state index contributed by atoms with van der Waals surface area (Å²) in [7, 11) is 0. The van der Waals surface area contributed by atoms with Gasteiger partial charge in [-0.15, -0.1) is 0 Å². The normalized spacial score (nSPS) is 31.5. The van der Waals surface area contributed by atoms with E-state index in [-0.39, 0.29) is 18.2 Å². The van der Waals surface area contributed by atoms with E-state index >= 15 is 0 Å². The Morgan fingerprint density at radius 3 is 2.95 bits per heavy atom. The molecule has 0 spiro atoms. The molecule has 0 unspecified atom stereocenters. The highest BCUT2D eigenvalue weighted by atomic mass is 16.6. The van der Waals surface area contributed by atoms with Crippen LogP contribution >= 0.6 is 0 Å². The van der Waals surface area contributed by atoms with Crippen LogP contribution in [0.5, 0.6) is 0 Å². The Bertz CT molecular complexity index is 654. The van der Waals surface area contributed by atoms with Crippen molar-refractivity contribution < 1.29 is 14.6 Å². The molecular weight excluding hydrogens is 268 g/mol. The number of aromatic nitrogens is 2. The molecule has 21 heavy (non-hydrogen) atoms. The van der Waals surface area contributed by atoms with Gasteiger partial charge >= 0.3 is 0 Å². The van der Waals surface area contributed by atoms with Gasteiger partial charge in [0.25, 0.3) is 0 Å². The van der Waals surface area contributed by atoms with E-state index in [1.807, 2.05) is 12.3 Å². The fourth-order valence-electron chi connectivity index (χ4n) is 3.29. The summed E-state index contributed by atoms with van der Waals surface area (Å²) >= 11 is 0. The molecule has 0 amide bonds. The van der Waals surface area contributed by atoms with Crippen LogP contribution in [0.15, 0.2) is 36.7 Å². The van der Waals surface area contributed by atoms with Crippen LogP contribution < -0.4 is 0 Å². The molecule has 0 radical (unpaired) electrons. The Kier molecular flexibility index (Phi) is 3.06. The SMILES string of the molecule is Cc1cccc(-c2nccn2[C@H]2CO[C@H]3[C@@H]2OC[C@H]3O)c1. The number of imidazole rings is 1. The van der Waals surface area contributed by atoms with Crippen molar-refractivity contribution in [2.24, 2.45) is 0 Å². The zero-order valence-corrected chi connectivity index (χ0v) is 11.8. The molecule has 5 heteroatoms. The maximum atomic E-state index is 9.86. The number of hydrogen-bond acceptors (Lipinski definition) is 4. The first kappa shape index (κ1) is 13.0. The van der Waals surface area contributed by atoms with Crippen molar-refractivity contribution in [3.8, 4) is 11.4 Å². The third kappa shape index (κ3) is 2.09. The van der Waals surface area contributed by atoms with Crippen LogP contribution in [0.25, 0.3) is 11.4 Å². The van der Waals surface area contributed by atoms with Crippen LogP contribution in [0.4, 0.5) is 0 Å². The molecule has 0 saturated carbocycles. The minimum Gasteiger partial charge on any atom is -0.388 e. The average molecular weight is 286 g/mol. The number of nitrogens with zero attached hydrogens (tertiary/aromatic N) is 2. The number of aliphatic hydroxyl groups is 1. The van der Waals surface area contributed by atoms with Gasteiger partial charge in [-0.05, 0) is 13.0 Å². The predicted molar refractivity (Wildman–Crippen MR) is 76.9 cm³/mol. The lowest BCUT2D eigenvalue weighted by atomic mass is 10.1. The Hall–Kier alpha value is -1.69. The van der Waals surface area contributed by atoms with E-state index in [2.05, 4.69) is 34.7 Å². The minimum atomic E-state index is -0.522. The number of hydrogen-bond donors (Lipinski definition) is 1. The lowest BCUT2D eigenvalue weighted by Crippen LogP contribution is -2.30. The summed E-state index contributed by atoms with van der Waals surface area (Å²) < 4.78 is 13.5. The van der Waals surface area contributed by atoms with Gasteiger partial charge in [-0.25, -0.2) is 4.98 Å². The molecule has 2 aliphatic rings.